The van der Waals surface area contributed by atoms with Gasteiger partial charge in [-0.2, -0.15) is 0 Å². The van der Waals surface area contributed by atoms with Crippen molar-refractivity contribution in [1.29, 1.82) is 0 Å². The first-order valence-electron chi connectivity index (χ1n) is 8.68. The molecule has 1 aliphatic heterocycles. The van der Waals surface area contributed by atoms with E-state index in [9.17, 15) is 9.59 Å². The summed E-state index contributed by atoms with van der Waals surface area (Å²) in [7, 11) is 1.65. The molecule has 1 fully saturated rings. The SMILES string of the molecule is COCc1ccc(C(=O)N2CCO[C@H](CCc3cc(=O)[nH]cn3)C2)cc1. The minimum Gasteiger partial charge on any atom is -0.380 e. The van der Waals surface area contributed by atoms with Crippen LogP contribution in [0.25, 0.3) is 0 Å². The van der Waals surface area contributed by atoms with Gasteiger partial charge in [0.05, 0.1) is 25.6 Å². The van der Waals surface area contributed by atoms with E-state index in [0.29, 0.717) is 44.7 Å². The average Bonchev–Trinajstić information content (AvgIpc) is 2.67. The van der Waals surface area contributed by atoms with Gasteiger partial charge in [-0.3, -0.25) is 9.59 Å². The van der Waals surface area contributed by atoms with Crippen LogP contribution in [0, 0.1) is 0 Å². The van der Waals surface area contributed by atoms with Gasteiger partial charge in [0.2, 0.25) is 0 Å². The first-order chi connectivity index (χ1) is 12.7. The number of H-pyrrole nitrogens is 1. The lowest BCUT2D eigenvalue weighted by Crippen LogP contribution is -2.45. The molecular weight excluding hydrogens is 334 g/mol. The first kappa shape index (κ1) is 18.3. The summed E-state index contributed by atoms with van der Waals surface area (Å²) in [6.45, 7) is 2.17. The molecule has 1 aromatic carbocycles. The Morgan fingerprint density at radius 2 is 2.19 bits per heavy atom. The number of rotatable bonds is 6. The van der Waals surface area contributed by atoms with E-state index in [1.807, 2.05) is 29.2 Å². The van der Waals surface area contributed by atoms with Crippen molar-refractivity contribution in [2.24, 2.45) is 0 Å². The van der Waals surface area contributed by atoms with Crippen LogP contribution in [-0.4, -0.2) is 53.7 Å². The van der Waals surface area contributed by atoms with E-state index in [2.05, 4.69) is 9.97 Å². The monoisotopic (exact) mass is 357 g/mol. The molecule has 0 unspecified atom stereocenters. The Labute approximate surface area is 152 Å². The maximum atomic E-state index is 12.7. The maximum absolute atomic E-state index is 12.7. The number of hydrogen-bond donors (Lipinski definition) is 1. The van der Waals surface area contributed by atoms with Gasteiger partial charge in [-0.1, -0.05) is 12.1 Å². The van der Waals surface area contributed by atoms with Gasteiger partial charge in [0.25, 0.3) is 11.5 Å². The molecule has 7 nitrogen and oxygen atoms in total. The Morgan fingerprint density at radius 1 is 1.38 bits per heavy atom. The Morgan fingerprint density at radius 3 is 2.92 bits per heavy atom. The zero-order chi connectivity index (χ0) is 18.4. The summed E-state index contributed by atoms with van der Waals surface area (Å²) in [6.07, 6.45) is 2.71. The minimum absolute atomic E-state index is 0.0107. The van der Waals surface area contributed by atoms with Crippen LogP contribution in [0.2, 0.25) is 0 Å². The van der Waals surface area contributed by atoms with Crippen LogP contribution in [0.15, 0.2) is 41.5 Å². The molecule has 3 rings (SSSR count). The summed E-state index contributed by atoms with van der Waals surface area (Å²) >= 11 is 0. The summed E-state index contributed by atoms with van der Waals surface area (Å²) in [6, 6.07) is 8.98. The zero-order valence-corrected chi connectivity index (χ0v) is 14.8. The topological polar surface area (TPSA) is 84.5 Å². The molecule has 1 atom stereocenters. The van der Waals surface area contributed by atoms with Gasteiger partial charge < -0.3 is 19.4 Å². The Bertz CT molecular complexity index is 788. The number of nitrogens with one attached hydrogen (secondary N) is 1. The molecule has 1 aliphatic rings. The highest BCUT2D eigenvalue weighted by Gasteiger charge is 2.25. The standard InChI is InChI=1S/C19H23N3O4/c1-25-12-14-2-4-15(5-3-14)19(24)22-8-9-26-17(11-22)7-6-16-10-18(23)21-13-20-16/h2-5,10,13,17H,6-9,11-12H2,1H3,(H,20,21,23)/t17-/m1/s1. The number of ether oxygens (including phenoxy) is 2. The van der Waals surface area contributed by atoms with Crippen LogP contribution >= 0.6 is 0 Å². The molecule has 0 radical (unpaired) electrons. The third-order valence-corrected chi connectivity index (χ3v) is 4.40. The van der Waals surface area contributed by atoms with Crippen LogP contribution < -0.4 is 5.56 Å². The molecule has 138 valence electrons. The fraction of sp³-hybridized carbons (Fsp3) is 0.421. The number of carbonyl (C=O) groups is 1. The molecule has 0 aliphatic carbocycles. The van der Waals surface area contributed by atoms with Crippen LogP contribution in [-0.2, 0) is 22.5 Å². The predicted octanol–water partition coefficient (Wildman–Crippen LogP) is 1.39. The number of morpholine rings is 1. The van der Waals surface area contributed by atoms with Gasteiger partial charge in [-0.05, 0) is 30.5 Å². The van der Waals surface area contributed by atoms with Gasteiger partial charge in [0.1, 0.15) is 0 Å². The number of amides is 1. The van der Waals surface area contributed by atoms with Crippen molar-refractivity contribution in [1.82, 2.24) is 14.9 Å². The van der Waals surface area contributed by atoms with Crippen LogP contribution in [0.5, 0.6) is 0 Å². The van der Waals surface area contributed by atoms with Crippen LogP contribution in [0.3, 0.4) is 0 Å². The van der Waals surface area contributed by atoms with E-state index < -0.39 is 0 Å². The van der Waals surface area contributed by atoms with Gasteiger partial charge in [-0.15, -0.1) is 0 Å². The third-order valence-electron chi connectivity index (χ3n) is 4.40. The molecule has 0 saturated carbocycles. The molecule has 1 N–H and O–H groups in total. The summed E-state index contributed by atoms with van der Waals surface area (Å²) in [5, 5.41) is 0. The average molecular weight is 357 g/mol. The second-order valence-electron chi connectivity index (χ2n) is 6.32. The summed E-state index contributed by atoms with van der Waals surface area (Å²) in [5.41, 5.74) is 2.28. The quantitative estimate of drug-likeness (QED) is 0.845. The number of carbonyl (C=O) groups excluding carboxylic acids is 1. The van der Waals surface area contributed by atoms with Gasteiger partial charge in [-0.25, -0.2) is 4.98 Å². The molecule has 2 heterocycles. The number of benzene rings is 1. The van der Waals surface area contributed by atoms with Gasteiger partial charge >= 0.3 is 0 Å². The highest BCUT2D eigenvalue weighted by Crippen LogP contribution is 2.15. The summed E-state index contributed by atoms with van der Waals surface area (Å²) < 4.78 is 10.9. The molecule has 1 amide bonds. The molecule has 1 aromatic heterocycles. The molecule has 1 saturated heterocycles. The minimum atomic E-state index is -0.159. The zero-order valence-electron chi connectivity index (χ0n) is 14.8. The molecule has 2 aromatic rings. The number of methoxy groups -OCH3 is 1. The second kappa shape index (κ2) is 8.73. The van der Waals surface area contributed by atoms with Crippen molar-refractivity contribution in [2.75, 3.05) is 26.8 Å². The Hall–Kier alpha value is -2.51. The lowest BCUT2D eigenvalue weighted by atomic mass is 10.1. The van der Waals surface area contributed by atoms with Gasteiger partial charge in [0, 0.05) is 37.5 Å². The van der Waals surface area contributed by atoms with E-state index in [4.69, 9.17) is 9.47 Å². The molecule has 26 heavy (non-hydrogen) atoms. The van der Waals surface area contributed by atoms with Crippen molar-refractivity contribution in [2.45, 2.75) is 25.6 Å². The van der Waals surface area contributed by atoms with Crippen LogP contribution in [0.1, 0.15) is 28.0 Å². The third kappa shape index (κ3) is 4.77. The maximum Gasteiger partial charge on any atom is 0.254 e. The smallest absolute Gasteiger partial charge is 0.254 e. The Kier molecular flexibility index (Phi) is 6.14. The van der Waals surface area contributed by atoms with Crippen molar-refractivity contribution in [3.63, 3.8) is 0 Å². The highest BCUT2D eigenvalue weighted by atomic mass is 16.5. The van der Waals surface area contributed by atoms with E-state index in [1.165, 1.54) is 12.4 Å². The first-order valence-corrected chi connectivity index (χ1v) is 8.68. The second-order valence-corrected chi connectivity index (χ2v) is 6.32. The highest BCUT2D eigenvalue weighted by molar-refractivity contribution is 5.94. The van der Waals surface area contributed by atoms with E-state index in [1.54, 1.807) is 7.11 Å². The largest absolute Gasteiger partial charge is 0.380 e. The molecule has 7 heteroatoms. The lowest BCUT2D eigenvalue weighted by molar-refractivity contribution is -0.0247. The van der Waals surface area contributed by atoms with Crippen LogP contribution in [0.4, 0.5) is 0 Å². The summed E-state index contributed by atoms with van der Waals surface area (Å²) in [5.74, 6) is 0.0107. The van der Waals surface area contributed by atoms with Crippen molar-refractivity contribution < 1.29 is 14.3 Å². The molecular formula is C19H23N3O4. The normalized spacial score (nSPS) is 17.3. The van der Waals surface area contributed by atoms with Gasteiger partial charge in [0.15, 0.2) is 0 Å². The number of nitrogens with zero attached hydrogens (tertiary/aromatic N) is 2. The van der Waals surface area contributed by atoms with Crippen molar-refractivity contribution in [3.05, 3.63) is 63.8 Å². The van der Waals surface area contributed by atoms with Crippen molar-refractivity contribution in [3.8, 4) is 0 Å². The van der Waals surface area contributed by atoms with E-state index in [-0.39, 0.29) is 17.6 Å². The lowest BCUT2D eigenvalue weighted by Gasteiger charge is -2.33. The number of aromatic amines is 1. The van der Waals surface area contributed by atoms with E-state index >= 15 is 0 Å². The van der Waals surface area contributed by atoms with Crippen molar-refractivity contribution >= 4 is 5.91 Å². The number of aromatic nitrogens is 2. The summed E-state index contributed by atoms with van der Waals surface area (Å²) in [4.78, 5) is 32.5. The fourth-order valence-corrected chi connectivity index (χ4v) is 3.03. The predicted molar refractivity (Wildman–Crippen MR) is 96.0 cm³/mol. The number of aryl methyl sites for hydroxylation is 1. The fourth-order valence-electron chi connectivity index (χ4n) is 3.03. The number of hydrogen-bond acceptors (Lipinski definition) is 5. The Balaban J connectivity index is 1.57. The molecule has 0 bridgehead atoms. The molecule has 0 spiro atoms. The van der Waals surface area contributed by atoms with E-state index in [0.717, 1.165) is 11.3 Å².